The molecule has 1 aromatic carbocycles. The Balaban J connectivity index is 0.00000480. The van der Waals surface area contributed by atoms with Crippen LogP contribution in [-0.2, 0) is 6.42 Å². The lowest BCUT2D eigenvalue weighted by molar-refractivity contribution is 0.131. The van der Waals surface area contributed by atoms with Gasteiger partial charge in [-0.2, -0.15) is 0 Å². The summed E-state index contributed by atoms with van der Waals surface area (Å²) in [7, 11) is 0. The highest BCUT2D eigenvalue weighted by molar-refractivity contribution is 8.13. The molecule has 1 aromatic rings. The lowest BCUT2D eigenvalue weighted by atomic mass is 10.1. The van der Waals surface area contributed by atoms with Gasteiger partial charge in [0, 0.05) is 43.5 Å². The molecule has 8 heteroatoms. The molecule has 186 valence electrons. The molecule has 4 nitrogen and oxygen atoms in total. The van der Waals surface area contributed by atoms with E-state index in [0.717, 1.165) is 56.2 Å². The fourth-order valence-electron chi connectivity index (χ4n) is 3.80. The van der Waals surface area contributed by atoms with Gasteiger partial charge < -0.3 is 15.1 Å². The van der Waals surface area contributed by atoms with Crippen molar-refractivity contribution < 1.29 is 4.79 Å². The van der Waals surface area contributed by atoms with Crippen molar-refractivity contribution in [1.82, 2.24) is 15.1 Å². The second-order valence-corrected chi connectivity index (χ2v) is 9.75. The number of halogens is 3. The van der Waals surface area contributed by atoms with E-state index in [1.165, 1.54) is 69.1 Å². The molecule has 0 saturated carbocycles. The molecular formula is C24H42Cl3N3OS. The summed E-state index contributed by atoms with van der Waals surface area (Å²) in [5.41, 5.74) is 1.38. The molecule has 1 aliphatic heterocycles. The van der Waals surface area contributed by atoms with Crippen LogP contribution in [-0.4, -0.2) is 66.6 Å². The van der Waals surface area contributed by atoms with Gasteiger partial charge in [0.15, 0.2) is 0 Å². The van der Waals surface area contributed by atoms with Crippen LogP contribution in [0.5, 0.6) is 0 Å². The van der Waals surface area contributed by atoms with Crippen molar-refractivity contribution in [3.8, 4) is 0 Å². The molecule has 0 aromatic heterocycles. The van der Waals surface area contributed by atoms with Crippen LogP contribution in [0.3, 0.4) is 0 Å². The predicted octanol–water partition coefficient (Wildman–Crippen LogP) is 6.54. The van der Waals surface area contributed by atoms with Crippen molar-refractivity contribution in [1.29, 1.82) is 0 Å². The Morgan fingerprint density at radius 3 is 2.16 bits per heavy atom. The van der Waals surface area contributed by atoms with Gasteiger partial charge in [-0.1, -0.05) is 61.7 Å². The third-order valence-electron chi connectivity index (χ3n) is 5.72. The van der Waals surface area contributed by atoms with Gasteiger partial charge in [-0.05, 0) is 62.9 Å². The van der Waals surface area contributed by atoms with Gasteiger partial charge in [-0.15, -0.1) is 24.8 Å². The Labute approximate surface area is 217 Å². The maximum absolute atomic E-state index is 11.8. The largest absolute Gasteiger partial charge is 0.347 e. The van der Waals surface area contributed by atoms with Crippen LogP contribution >= 0.6 is 48.2 Å². The van der Waals surface area contributed by atoms with Crippen molar-refractivity contribution in [3.63, 3.8) is 0 Å². The van der Waals surface area contributed by atoms with Crippen LogP contribution in [0.25, 0.3) is 0 Å². The first-order chi connectivity index (χ1) is 14.7. The van der Waals surface area contributed by atoms with E-state index in [1.807, 2.05) is 12.1 Å². The number of benzene rings is 1. The Kier molecular flexibility index (Phi) is 20.1. The van der Waals surface area contributed by atoms with E-state index in [0.29, 0.717) is 0 Å². The van der Waals surface area contributed by atoms with E-state index in [-0.39, 0.29) is 30.1 Å². The first-order valence-electron chi connectivity index (χ1n) is 11.8. The zero-order valence-electron chi connectivity index (χ0n) is 19.5. The van der Waals surface area contributed by atoms with Crippen LogP contribution < -0.4 is 5.32 Å². The van der Waals surface area contributed by atoms with Crippen molar-refractivity contribution in [2.45, 2.75) is 58.3 Å². The second kappa shape index (κ2) is 20.2. The Morgan fingerprint density at radius 2 is 1.53 bits per heavy atom. The fourth-order valence-corrected chi connectivity index (χ4v) is 4.59. The number of hydrogen-bond acceptors (Lipinski definition) is 4. The van der Waals surface area contributed by atoms with E-state index < -0.39 is 0 Å². The Bertz CT molecular complexity index is 584. The first-order valence-corrected chi connectivity index (χ1v) is 13.1. The van der Waals surface area contributed by atoms with E-state index >= 15 is 0 Å². The number of hydrogen-bond donors (Lipinski definition) is 1. The SMILES string of the molecule is CCCCCCNC(=O)SCCCN1CCN(CCCCc2ccc(Cl)cc2)CC1.Cl.Cl. The highest BCUT2D eigenvalue weighted by Gasteiger charge is 2.16. The molecule has 1 amide bonds. The molecule has 1 fully saturated rings. The molecule has 1 saturated heterocycles. The Hall–Kier alpha value is -0.170. The quantitative estimate of drug-likeness (QED) is 0.279. The summed E-state index contributed by atoms with van der Waals surface area (Å²) in [6.07, 6.45) is 9.55. The number of carbonyl (C=O) groups excluding carboxylic acids is 1. The van der Waals surface area contributed by atoms with E-state index in [9.17, 15) is 4.79 Å². The van der Waals surface area contributed by atoms with Crippen LogP contribution in [0, 0.1) is 0 Å². The summed E-state index contributed by atoms with van der Waals surface area (Å²) in [5, 5.41) is 3.98. The summed E-state index contributed by atoms with van der Waals surface area (Å²) in [5.74, 6) is 0.922. The molecule has 1 heterocycles. The number of piperazine rings is 1. The van der Waals surface area contributed by atoms with Crippen molar-refractivity contribution in [3.05, 3.63) is 34.9 Å². The van der Waals surface area contributed by atoms with Crippen LogP contribution in [0.4, 0.5) is 4.79 Å². The topological polar surface area (TPSA) is 35.6 Å². The minimum atomic E-state index is 0. The number of carbonyl (C=O) groups is 1. The molecule has 0 spiro atoms. The summed E-state index contributed by atoms with van der Waals surface area (Å²) < 4.78 is 0. The molecule has 0 bridgehead atoms. The molecule has 0 radical (unpaired) electrons. The third-order valence-corrected chi connectivity index (χ3v) is 6.87. The van der Waals surface area contributed by atoms with E-state index in [4.69, 9.17) is 11.6 Å². The first kappa shape index (κ1) is 31.8. The molecule has 0 unspecified atom stereocenters. The van der Waals surface area contributed by atoms with Gasteiger partial charge in [0.05, 0.1) is 0 Å². The monoisotopic (exact) mass is 525 g/mol. The summed E-state index contributed by atoms with van der Waals surface area (Å²) in [6.45, 7) is 10.0. The van der Waals surface area contributed by atoms with E-state index in [2.05, 4.69) is 34.2 Å². The van der Waals surface area contributed by atoms with Crippen LogP contribution in [0.1, 0.15) is 57.4 Å². The average molecular weight is 527 g/mol. The predicted molar refractivity (Wildman–Crippen MR) is 146 cm³/mol. The van der Waals surface area contributed by atoms with Crippen molar-refractivity contribution in [2.75, 3.05) is 51.6 Å². The van der Waals surface area contributed by atoms with Gasteiger partial charge >= 0.3 is 0 Å². The number of nitrogens with zero attached hydrogens (tertiary/aromatic N) is 2. The number of thioether (sulfide) groups is 1. The fraction of sp³-hybridized carbons (Fsp3) is 0.708. The van der Waals surface area contributed by atoms with Crippen LogP contribution in [0.2, 0.25) is 5.02 Å². The molecule has 0 atom stereocenters. The standard InChI is InChI=1S/C24H40ClN3OS.2ClH/c1-2-3-4-6-14-26-24(29)30-21-8-16-28-19-17-27(18-20-28)15-7-5-9-22-10-12-23(25)13-11-22;;/h10-13H,2-9,14-21H2,1H3,(H,26,29);2*1H. The summed E-state index contributed by atoms with van der Waals surface area (Å²) in [4.78, 5) is 17.0. The normalized spacial score (nSPS) is 14.4. The summed E-state index contributed by atoms with van der Waals surface area (Å²) >= 11 is 7.39. The van der Waals surface area contributed by atoms with Crippen molar-refractivity contribution in [2.24, 2.45) is 0 Å². The van der Waals surface area contributed by atoms with Gasteiger partial charge in [0.25, 0.3) is 5.24 Å². The number of rotatable bonds is 14. The molecule has 32 heavy (non-hydrogen) atoms. The smallest absolute Gasteiger partial charge is 0.279 e. The zero-order valence-corrected chi connectivity index (χ0v) is 22.7. The lowest BCUT2D eigenvalue weighted by Crippen LogP contribution is -2.46. The average Bonchev–Trinajstić information content (AvgIpc) is 2.76. The Morgan fingerprint density at radius 1 is 0.906 bits per heavy atom. The highest BCUT2D eigenvalue weighted by Crippen LogP contribution is 2.13. The van der Waals surface area contributed by atoms with Gasteiger partial charge in [-0.3, -0.25) is 4.79 Å². The molecule has 1 aliphatic rings. The van der Waals surface area contributed by atoms with Gasteiger partial charge in [0.1, 0.15) is 0 Å². The lowest BCUT2D eigenvalue weighted by Gasteiger charge is -2.34. The third kappa shape index (κ3) is 14.9. The van der Waals surface area contributed by atoms with Crippen LogP contribution in [0.15, 0.2) is 24.3 Å². The molecule has 2 rings (SSSR count). The zero-order chi connectivity index (χ0) is 21.4. The second-order valence-electron chi connectivity index (χ2n) is 8.24. The van der Waals surface area contributed by atoms with E-state index in [1.54, 1.807) is 0 Å². The van der Waals surface area contributed by atoms with Crippen molar-refractivity contribution >= 4 is 53.4 Å². The van der Waals surface area contributed by atoms with Gasteiger partial charge in [0.2, 0.25) is 0 Å². The number of nitrogens with one attached hydrogen (secondary N) is 1. The number of aryl methyl sites for hydroxylation is 1. The number of amides is 1. The number of unbranched alkanes of at least 4 members (excludes halogenated alkanes) is 4. The molecule has 1 N–H and O–H groups in total. The van der Waals surface area contributed by atoms with Gasteiger partial charge in [-0.25, -0.2) is 0 Å². The minimum absolute atomic E-state index is 0. The molecular weight excluding hydrogens is 485 g/mol. The summed E-state index contributed by atoms with van der Waals surface area (Å²) in [6, 6.07) is 8.23. The minimum Gasteiger partial charge on any atom is -0.347 e. The molecule has 0 aliphatic carbocycles. The maximum Gasteiger partial charge on any atom is 0.279 e. The highest BCUT2D eigenvalue weighted by atomic mass is 35.5. The maximum atomic E-state index is 11.8.